The van der Waals surface area contributed by atoms with E-state index in [1.54, 1.807) is 7.11 Å². The van der Waals surface area contributed by atoms with Gasteiger partial charge < -0.3 is 24.3 Å². The van der Waals surface area contributed by atoms with Crippen LogP contribution in [-0.2, 0) is 22.8 Å². The van der Waals surface area contributed by atoms with Gasteiger partial charge in [0.15, 0.2) is 34.6 Å². The lowest BCUT2D eigenvalue weighted by Gasteiger charge is -2.44. The molecule has 3 aromatic carbocycles. The van der Waals surface area contributed by atoms with E-state index in [4.69, 9.17) is 30.5 Å². The maximum Gasteiger partial charge on any atom is 0.180 e. The number of nitrogens with one attached hydrogen (secondary N) is 1. The molecule has 0 fully saturated rings. The monoisotopic (exact) mass is 669 g/mol. The maximum atomic E-state index is 13.8. The van der Waals surface area contributed by atoms with Crippen LogP contribution in [0.15, 0.2) is 83.2 Å². The lowest BCUT2D eigenvalue weighted by molar-refractivity contribution is -0.119. The molecule has 0 amide bonds. The standard InChI is InChI=1S/C40H44ClNO6/c1-7-46-33-15-25(13-14-32(33)47-22-24-11-9-8-10-12-24)23-48-38-27(41)16-26(17-34(38)45-6)35-36-28(18-39(2,3)20-30(36)43)42-29-19-40(4,5)21-31(44)37(29)35/h8-17,35,42H,7,18-23H2,1-6H3. The van der Waals surface area contributed by atoms with Crippen molar-refractivity contribution in [3.63, 3.8) is 0 Å². The van der Waals surface area contributed by atoms with Crippen LogP contribution in [0.4, 0.5) is 0 Å². The number of methoxy groups -OCH3 is 1. The van der Waals surface area contributed by atoms with E-state index >= 15 is 0 Å². The average Bonchev–Trinajstić information content (AvgIpc) is 3.02. The molecule has 252 valence electrons. The Hall–Kier alpha value is -4.23. The summed E-state index contributed by atoms with van der Waals surface area (Å²) in [6.07, 6.45) is 2.28. The molecule has 8 heteroatoms. The fourth-order valence-corrected chi connectivity index (χ4v) is 7.46. The summed E-state index contributed by atoms with van der Waals surface area (Å²) in [5, 5.41) is 3.91. The fourth-order valence-electron chi connectivity index (χ4n) is 7.19. The third-order valence-corrected chi connectivity index (χ3v) is 9.51. The number of hydrogen-bond donors (Lipinski definition) is 1. The quantitative estimate of drug-likeness (QED) is 0.231. The SMILES string of the molecule is CCOc1cc(COc2c(Cl)cc(C3C4=C(CC(C)(C)CC4=O)NC4=C3C(=O)CC(C)(C)C4)cc2OC)ccc1OCc1ccccc1. The molecule has 0 unspecified atom stereocenters. The van der Waals surface area contributed by atoms with Crippen molar-refractivity contribution in [3.05, 3.63) is 105 Å². The molecule has 3 aliphatic rings. The summed E-state index contributed by atoms with van der Waals surface area (Å²) < 4.78 is 24.1. The molecule has 0 radical (unpaired) electrons. The predicted molar refractivity (Wildman–Crippen MR) is 187 cm³/mol. The fraction of sp³-hybridized carbons (Fsp3) is 0.400. The van der Waals surface area contributed by atoms with Gasteiger partial charge in [0.05, 0.1) is 18.7 Å². The number of carbonyl (C=O) groups is 2. The van der Waals surface area contributed by atoms with E-state index < -0.39 is 5.92 Å². The van der Waals surface area contributed by atoms with Crippen molar-refractivity contribution >= 4 is 23.2 Å². The van der Waals surface area contributed by atoms with Gasteiger partial charge in [-0.1, -0.05) is 75.7 Å². The summed E-state index contributed by atoms with van der Waals surface area (Å²) >= 11 is 6.95. The second kappa shape index (κ2) is 13.3. The van der Waals surface area contributed by atoms with Crippen LogP contribution in [0.25, 0.3) is 0 Å². The zero-order valence-electron chi connectivity index (χ0n) is 28.6. The van der Waals surface area contributed by atoms with Gasteiger partial charge >= 0.3 is 0 Å². The molecular weight excluding hydrogens is 626 g/mol. The topological polar surface area (TPSA) is 83.1 Å². The minimum atomic E-state index is -0.527. The van der Waals surface area contributed by atoms with Gasteiger partial charge in [-0.2, -0.15) is 0 Å². The number of ketones is 2. The van der Waals surface area contributed by atoms with Gasteiger partial charge in [0, 0.05) is 41.3 Å². The highest BCUT2D eigenvalue weighted by Crippen LogP contribution is 2.52. The molecule has 3 aromatic rings. The number of rotatable bonds is 10. The van der Waals surface area contributed by atoms with Crippen molar-refractivity contribution in [2.24, 2.45) is 10.8 Å². The summed E-state index contributed by atoms with van der Waals surface area (Å²) in [5.74, 6) is 1.67. The summed E-state index contributed by atoms with van der Waals surface area (Å²) in [4.78, 5) is 27.5. The lowest BCUT2D eigenvalue weighted by atomic mass is 9.64. The number of halogens is 1. The molecule has 0 bridgehead atoms. The number of dihydropyridines is 1. The number of allylic oxidation sites excluding steroid dienone is 4. The molecule has 0 saturated heterocycles. The van der Waals surface area contributed by atoms with Crippen LogP contribution < -0.4 is 24.3 Å². The van der Waals surface area contributed by atoms with E-state index in [9.17, 15) is 9.59 Å². The van der Waals surface area contributed by atoms with Gasteiger partial charge in [0.25, 0.3) is 0 Å². The highest BCUT2D eigenvalue weighted by molar-refractivity contribution is 6.32. The minimum absolute atomic E-state index is 0.0552. The molecule has 1 heterocycles. The Bertz CT molecular complexity index is 1750. The van der Waals surface area contributed by atoms with Crippen molar-refractivity contribution in [1.82, 2.24) is 5.32 Å². The third kappa shape index (κ3) is 6.98. The first-order valence-corrected chi connectivity index (χ1v) is 17.0. The van der Waals surface area contributed by atoms with Crippen molar-refractivity contribution in [1.29, 1.82) is 0 Å². The molecule has 2 aliphatic carbocycles. The largest absolute Gasteiger partial charge is 0.493 e. The molecule has 1 aliphatic heterocycles. The van der Waals surface area contributed by atoms with Gasteiger partial charge in [-0.15, -0.1) is 0 Å². The average molecular weight is 670 g/mol. The zero-order chi connectivity index (χ0) is 34.2. The smallest absolute Gasteiger partial charge is 0.180 e. The highest BCUT2D eigenvalue weighted by Gasteiger charge is 2.46. The molecule has 7 nitrogen and oxygen atoms in total. The second-order valence-electron chi connectivity index (χ2n) is 14.5. The van der Waals surface area contributed by atoms with Crippen LogP contribution in [0, 0.1) is 10.8 Å². The zero-order valence-corrected chi connectivity index (χ0v) is 29.4. The Morgan fingerprint density at radius 2 is 1.35 bits per heavy atom. The van der Waals surface area contributed by atoms with E-state index in [-0.39, 0.29) is 29.0 Å². The minimum Gasteiger partial charge on any atom is -0.493 e. The lowest BCUT2D eigenvalue weighted by Crippen LogP contribution is -2.42. The number of hydrogen-bond acceptors (Lipinski definition) is 7. The number of Topliss-reactive ketones (excluding diaryl/α,β-unsaturated/α-hetero) is 2. The molecule has 0 saturated carbocycles. The molecule has 6 rings (SSSR count). The molecule has 0 atom stereocenters. The van der Waals surface area contributed by atoms with Crippen LogP contribution in [0.3, 0.4) is 0 Å². The Balaban J connectivity index is 1.30. The Morgan fingerprint density at radius 3 is 1.96 bits per heavy atom. The van der Waals surface area contributed by atoms with Gasteiger partial charge in [-0.05, 0) is 71.6 Å². The first-order chi connectivity index (χ1) is 22.9. The van der Waals surface area contributed by atoms with Gasteiger partial charge in [-0.25, -0.2) is 0 Å². The Morgan fingerprint density at radius 1 is 0.729 bits per heavy atom. The van der Waals surface area contributed by atoms with Crippen LogP contribution in [0.1, 0.15) is 82.9 Å². The third-order valence-electron chi connectivity index (χ3n) is 9.23. The number of ether oxygens (including phenoxy) is 4. The number of benzene rings is 3. The molecule has 0 aromatic heterocycles. The van der Waals surface area contributed by atoms with Crippen LogP contribution >= 0.6 is 11.6 Å². The predicted octanol–water partition coefficient (Wildman–Crippen LogP) is 8.88. The molecule has 48 heavy (non-hydrogen) atoms. The summed E-state index contributed by atoms with van der Waals surface area (Å²) in [5.41, 5.74) is 5.44. The highest BCUT2D eigenvalue weighted by atomic mass is 35.5. The van der Waals surface area contributed by atoms with E-state index in [1.165, 1.54) is 0 Å². The van der Waals surface area contributed by atoms with E-state index in [2.05, 4.69) is 33.0 Å². The van der Waals surface area contributed by atoms with Crippen molar-refractivity contribution in [2.45, 2.75) is 79.4 Å². The van der Waals surface area contributed by atoms with E-state index in [1.807, 2.05) is 67.6 Å². The van der Waals surface area contributed by atoms with Crippen molar-refractivity contribution in [3.8, 4) is 23.0 Å². The molecule has 1 N–H and O–H groups in total. The molecular formula is C40H44ClNO6. The van der Waals surface area contributed by atoms with Gasteiger partial charge in [0.2, 0.25) is 0 Å². The first-order valence-electron chi connectivity index (χ1n) is 16.6. The second-order valence-corrected chi connectivity index (χ2v) is 14.9. The van der Waals surface area contributed by atoms with Crippen molar-refractivity contribution < 1.29 is 28.5 Å². The van der Waals surface area contributed by atoms with E-state index in [0.29, 0.717) is 65.2 Å². The van der Waals surface area contributed by atoms with Crippen molar-refractivity contribution in [2.75, 3.05) is 13.7 Å². The molecule has 0 spiro atoms. The van der Waals surface area contributed by atoms with Crippen LogP contribution in [-0.4, -0.2) is 25.3 Å². The Kier molecular flexibility index (Phi) is 9.36. The van der Waals surface area contributed by atoms with Gasteiger partial charge in [0.1, 0.15) is 13.2 Å². The summed E-state index contributed by atoms with van der Waals surface area (Å²) in [7, 11) is 1.56. The summed E-state index contributed by atoms with van der Waals surface area (Å²) in [6, 6.07) is 19.4. The normalized spacial score (nSPS) is 18.6. The Labute approximate surface area is 288 Å². The van der Waals surface area contributed by atoms with Crippen LogP contribution in [0.2, 0.25) is 5.02 Å². The summed E-state index contributed by atoms with van der Waals surface area (Å²) in [6.45, 7) is 11.5. The van der Waals surface area contributed by atoms with Gasteiger partial charge in [-0.3, -0.25) is 9.59 Å². The van der Waals surface area contributed by atoms with E-state index in [0.717, 1.165) is 40.9 Å². The maximum absolute atomic E-state index is 13.8. The first kappa shape index (κ1) is 33.7. The number of carbonyl (C=O) groups excluding carboxylic acids is 2. The van der Waals surface area contributed by atoms with Crippen LogP contribution in [0.5, 0.6) is 23.0 Å².